The number of rotatable bonds is 24. The summed E-state index contributed by atoms with van der Waals surface area (Å²) >= 11 is 0. The molecule has 0 aliphatic carbocycles. The van der Waals surface area contributed by atoms with Crippen molar-refractivity contribution in [3.63, 3.8) is 0 Å². The molecule has 0 spiro atoms. The number of carbonyl (C=O) groups excluding carboxylic acids is 6. The molecule has 1 saturated heterocycles. The van der Waals surface area contributed by atoms with E-state index in [4.69, 9.17) is 28.7 Å². The van der Waals surface area contributed by atoms with Gasteiger partial charge in [-0.3, -0.25) is 38.8 Å². The Morgan fingerprint density at radius 3 is 1.86 bits per heavy atom. The van der Waals surface area contributed by atoms with Gasteiger partial charge in [0.05, 0.1) is 12.1 Å². The van der Waals surface area contributed by atoms with Gasteiger partial charge in [-0.1, -0.05) is 32.4 Å². The van der Waals surface area contributed by atoms with Crippen molar-refractivity contribution in [3.05, 3.63) is 29.8 Å². The molecule has 1 aromatic rings. The van der Waals surface area contributed by atoms with Crippen LogP contribution < -0.4 is 55.3 Å². The van der Waals surface area contributed by atoms with E-state index in [2.05, 4.69) is 36.6 Å². The average molecular weight is 818 g/mol. The fourth-order valence-corrected chi connectivity index (χ4v) is 6.49. The van der Waals surface area contributed by atoms with Gasteiger partial charge in [0.15, 0.2) is 11.9 Å². The highest BCUT2D eigenvalue weighted by atomic mass is 16.3. The summed E-state index contributed by atoms with van der Waals surface area (Å²) in [5, 5.41) is 33.7. The molecule has 2 rings (SSSR count). The lowest BCUT2D eigenvalue weighted by Gasteiger charge is -2.31. The van der Waals surface area contributed by atoms with Crippen molar-refractivity contribution in [3.8, 4) is 5.75 Å². The predicted octanol–water partition coefficient (Wildman–Crippen LogP) is -3.53. The molecule has 17 N–H and O–H groups in total. The second-order valence-corrected chi connectivity index (χ2v) is 14.4. The number of phenolic OH excluding ortho intramolecular Hbond substituents is 1. The lowest BCUT2D eigenvalue weighted by molar-refractivity contribution is -0.143. The highest BCUT2D eigenvalue weighted by molar-refractivity contribution is 5.97. The lowest BCUT2D eigenvalue weighted by Crippen LogP contribution is -2.61. The van der Waals surface area contributed by atoms with Gasteiger partial charge in [-0.25, -0.2) is 0 Å². The number of guanidine groups is 2. The Bertz CT molecular complexity index is 1600. The number of aliphatic hydroxyl groups excluding tert-OH is 1. The molecule has 0 saturated carbocycles. The molecule has 0 unspecified atom stereocenters. The van der Waals surface area contributed by atoms with Crippen molar-refractivity contribution in [1.82, 2.24) is 31.5 Å². The number of amides is 6. The minimum Gasteiger partial charge on any atom is -0.508 e. The van der Waals surface area contributed by atoms with Crippen molar-refractivity contribution in [1.29, 1.82) is 0 Å². The van der Waals surface area contributed by atoms with Gasteiger partial charge in [-0.2, -0.15) is 0 Å². The summed E-state index contributed by atoms with van der Waals surface area (Å²) in [6.45, 7) is 5.51. The lowest BCUT2D eigenvalue weighted by atomic mass is 9.98. The van der Waals surface area contributed by atoms with E-state index < -0.39 is 77.8 Å². The monoisotopic (exact) mass is 817 g/mol. The van der Waals surface area contributed by atoms with Crippen molar-refractivity contribution in [2.24, 2.45) is 44.6 Å². The average Bonchev–Trinajstić information content (AvgIpc) is 3.66. The quantitative estimate of drug-likeness (QED) is 0.0274. The second-order valence-electron chi connectivity index (χ2n) is 14.4. The summed E-state index contributed by atoms with van der Waals surface area (Å²) < 4.78 is 0. The van der Waals surface area contributed by atoms with Crippen LogP contribution in [0, 0.1) is 5.92 Å². The summed E-state index contributed by atoms with van der Waals surface area (Å²) in [6, 6.07) is -0.738. The summed E-state index contributed by atoms with van der Waals surface area (Å²) in [5.74, 6) is -4.57. The van der Waals surface area contributed by atoms with E-state index in [1.54, 1.807) is 19.2 Å². The number of aliphatic imine (C=N–C) groups is 2. The summed E-state index contributed by atoms with van der Waals surface area (Å²) in [5.41, 5.74) is 28.1. The number of hydrogen-bond acceptors (Lipinski definition) is 11. The number of primary amides is 1. The minimum atomic E-state index is -1.42. The number of phenols is 1. The number of nitrogens with one attached hydrogen (secondary N) is 5. The number of likely N-dealkylation sites (tertiary alicyclic amines) is 1. The van der Waals surface area contributed by atoms with Gasteiger partial charge in [0.1, 0.15) is 36.0 Å². The summed E-state index contributed by atoms with van der Waals surface area (Å²) in [7, 11) is 1.61. The Kier molecular flexibility index (Phi) is 20.2. The standard InChI is InChI=1S/C37H63N13O8/c1-5-20(2)28(43-4)33(56)49-29(21(3)51)34(57)47-25(10-7-17-45-37(41)42)35(58)50-18-8-11-27(50)32(55)46-24(9-6-16-44-36(39)40)31(54)48-26(30(38)53)19-22-12-14-23(52)15-13-22/h12-15,20-21,24-29,43,51-52H,5-11,16-19H2,1-4H3,(H2,38,53)(H,46,55)(H,47,57)(H,48,54)(H,49,56)(H4,39,40,44)(H4,41,42,45)/t20-,21+,24-,25-,26-,27-,28-,29-/m0/s1. The van der Waals surface area contributed by atoms with Crippen LogP contribution in [0.25, 0.3) is 0 Å². The third-order valence-corrected chi connectivity index (χ3v) is 9.88. The van der Waals surface area contributed by atoms with Crippen molar-refractivity contribution in [2.75, 3.05) is 26.7 Å². The number of aliphatic hydroxyl groups is 1. The molecule has 1 heterocycles. The van der Waals surface area contributed by atoms with Gasteiger partial charge < -0.3 is 70.4 Å². The molecule has 324 valence electrons. The largest absolute Gasteiger partial charge is 0.508 e. The Balaban J connectivity index is 2.34. The van der Waals surface area contributed by atoms with Crippen molar-refractivity contribution in [2.45, 2.75) is 114 Å². The SMILES string of the molecule is CC[C@H](C)[C@H](NC)C(=O)N[C@H](C(=O)N[C@@H](CCCN=C(N)N)C(=O)N1CCC[C@H]1C(=O)N[C@@H](CCCN=C(N)N)C(=O)N[C@@H](Cc1ccc(O)cc1)C(N)=O)[C@@H](C)O. The molecule has 58 heavy (non-hydrogen) atoms. The topological polar surface area (TPSA) is 361 Å². The Morgan fingerprint density at radius 2 is 1.34 bits per heavy atom. The Labute approximate surface area is 338 Å². The third-order valence-electron chi connectivity index (χ3n) is 9.88. The van der Waals surface area contributed by atoms with E-state index in [1.807, 2.05) is 13.8 Å². The zero-order chi connectivity index (χ0) is 43.5. The zero-order valence-electron chi connectivity index (χ0n) is 33.8. The molecule has 1 fully saturated rings. The van der Waals surface area contributed by atoms with Crippen LogP contribution in [0.1, 0.15) is 71.3 Å². The summed E-state index contributed by atoms with van der Waals surface area (Å²) in [4.78, 5) is 90.2. The van der Waals surface area contributed by atoms with Gasteiger partial charge in [0, 0.05) is 26.1 Å². The first-order chi connectivity index (χ1) is 27.4. The number of benzene rings is 1. The number of nitrogens with two attached hydrogens (primary N) is 5. The molecule has 1 aromatic carbocycles. The van der Waals surface area contributed by atoms with Crippen LogP contribution in [-0.4, -0.2) is 132 Å². The Hall–Kier alpha value is -5.70. The second kappa shape index (κ2) is 24.2. The highest BCUT2D eigenvalue weighted by Crippen LogP contribution is 2.21. The third kappa shape index (κ3) is 15.7. The number of hydrogen-bond donors (Lipinski definition) is 12. The number of aromatic hydroxyl groups is 1. The van der Waals surface area contributed by atoms with Gasteiger partial charge in [-0.05, 0) is 76.1 Å². The van der Waals surface area contributed by atoms with Crippen molar-refractivity contribution < 1.29 is 39.0 Å². The molecular formula is C37H63N13O8. The first kappa shape index (κ1) is 48.4. The van der Waals surface area contributed by atoms with E-state index in [0.29, 0.717) is 18.4 Å². The van der Waals surface area contributed by atoms with E-state index in [-0.39, 0.29) is 81.7 Å². The maximum absolute atomic E-state index is 14.2. The van der Waals surface area contributed by atoms with Gasteiger partial charge in [0.25, 0.3) is 0 Å². The number of nitrogens with zero attached hydrogens (tertiary/aromatic N) is 3. The first-order valence-electron chi connectivity index (χ1n) is 19.4. The van der Waals surface area contributed by atoms with Crippen LogP contribution in [0.15, 0.2) is 34.3 Å². The molecular weight excluding hydrogens is 754 g/mol. The van der Waals surface area contributed by atoms with E-state index in [1.165, 1.54) is 24.0 Å². The molecule has 0 radical (unpaired) electrons. The first-order valence-corrected chi connectivity index (χ1v) is 19.4. The fourth-order valence-electron chi connectivity index (χ4n) is 6.49. The maximum Gasteiger partial charge on any atom is 0.245 e. The highest BCUT2D eigenvalue weighted by Gasteiger charge is 2.40. The maximum atomic E-state index is 14.2. The predicted molar refractivity (Wildman–Crippen MR) is 217 cm³/mol. The summed E-state index contributed by atoms with van der Waals surface area (Å²) in [6.07, 6.45) is 0.544. The number of likely N-dealkylation sites (N-methyl/N-ethyl adjacent to an activating group) is 1. The van der Waals surface area contributed by atoms with Crippen LogP contribution in [0.5, 0.6) is 5.75 Å². The van der Waals surface area contributed by atoms with Gasteiger partial charge in [-0.15, -0.1) is 0 Å². The normalized spacial score (nSPS) is 17.3. The Morgan fingerprint density at radius 1 is 0.793 bits per heavy atom. The van der Waals surface area contributed by atoms with Crippen molar-refractivity contribution >= 4 is 47.4 Å². The van der Waals surface area contributed by atoms with Crippen LogP contribution in [0.3, 0.4) is 0 Å². The molecule has 21 nitrogen and oxygen atoms in total. The van der Waals surface area contributed by atoms with E-state index in [9.17, 15) is 39.0 Å². The molecule has 1 aliphatic rings. The van der Waals surface area contributed by atoms with Crippen LogP contribution in [0.2, 0.25) is 0 Å². The molecule has 0 aromatic heterocycles. The smallest absolute Gasteiger partial charge is 0.245 e. The molecule has 1 aliphatic heterocycles. The molecule has 6 amide bonds. The van der Waals surface area contributed by atoms with Gasteiger partial charge in [0.2, 0.25) is 35.4 Å². The van der Waals surface area contributed by atoms with Gasteiger partial charge >= 0.3 is 0 Å². The van der Waals surface area contributed by atoms with Crippen LogP contribution in [0.4, 0.5) is 0 Å². The fraction of sp³-hybridized carbons (Fsp3) is 0.622. The van der Waals surface area contributed by atoms with Crippen LogP contribution >= 0.6 is 0 Å². The molecule has 8 atom stereocenters. The number of carbonyl (C=O) groups is 6. The zero-order valence-corrected chi connectivity index (χ0v) is 33.8. The minimum absolute atomic E-state index is 0.00471. The molecule has 0 bridgehead atoms. The van der Waals surface area contributed by atoms with Crippen LogP contribution in [-0.2, 0) is 35.2 Å². The molecule has 21 heteroatoms. The van der Waals surface area contributed by atoms with E-state index >= 15 is 0 Å². The van der Waals surface area contributed by atoms with E-state index in [0.717, 1.165) is 0 Å².